The minimum atomic E-state index is 0.230. The first kappa shape index (κ1) is 12.2. The molecule has 2 N–H and O–H groups in total. The maximum absolute atomic E-state index is 12.4. The van der Waals surface area contributed by atoms with Crippen LogP contribution in [0.2, 0.25) is 0 Å². The molecule has 1 aliphatic carbocycles. The van der Waals surface area contributed by atoms with Gasteiger partial charge in [-0.3, -0.25) is 4.79 Å². The lowest BCUT2D eigenvalue weighted by atomic mass is 9.94. The van der Waals surface area contributed by atoms with E-state index in [-0.39, 0.29) is 5.92 Å². The molecule has 2 rings (SSSR count). The summed E-state index contributed by atoms with van der Waals surface area (Å²) in [5.74, 6) is 3.37. The summed E-state index contributed by atoms with van der Waals surface area (Å²) in [6, 6.07) is 0. The van der Waals surface area contributed by atoms with E-state index in [4.69, 9.17) is 5.73 Å². The van der Waals surface area contributed by atoms with Gasteiger partial charge in [0.15, 0.2) is 0 Å². The molecule has 0 aromatic carbocycles. The third-order valence-electron chi connectivity index (χ3n) is 3.81. The van der Waals surface area contributed by atoms with Gasteiger partial charge in [0.25, 0.3) is 0 Å². The molecule has 2 atom stereocenters. The van der Waals surface area contributed by atoms with Crippen LogP contribution in [-0.2, 0) is 4.79 Å². The number of carbonyl (C=O) groups excluding carboxylic acids is 1. The van der Waals surface area contributed by atoms with Gasteiger partial charge in [-0.2, -0.15) is 11.8 Å². The van der Waals surface area contributed by atoms with Gasteiger partial charge < -0.3 is 10.6 Å². The van der Waals surface area contributed by atoms with Crippen molar-refractivity contribution < 1.29 is 4.79 Å². The number of amides is 1. The average molecular weight is 242 g/mol. The monoisotopic (exact) mass is 242 g/mol. The maximum Gasteiger partial charge on any atom is 0.226 e. The fraction of sp³-hybridized carbons (Fsp3) is 0.917. The normalized spacial score (nSPS) is 31.4. The summed E-state index contributed by atoms with van der Waals surface area (Å²) in [5, 5.41) is 0. The van der Waals surface area contributed by atoms with Crippen molar-refractivity contribution in [3.63, 3.8) is 0 Å². The van der Waals surface area contributed by atoms with E-state index in [9.17, 15) is 4.79 Å². The average Bonchev–Trinajstić information content (AvgIpc) is 2.61. The molecule has 0 aromatic heterocycles. The molecule has 0 unspecified atom stereocenters. The molecule has 16 heavy (non-hydrogen) atoms. The molecule has 2 fully saturated rings. The smallest absolute Gasteiger partial charge is 0.226 e. The van der Waals surface area contributed by atoms with Crippen LogP contribution in [0.25, 0.3) is 0 Å². The number of hydrogen-bond donors (Lipinski definition) is 1. The molecule has 0 aromatic rings. The summed E-state index contributed by atoms with van der Waals surface area (Å²) in [7, 11) is 0. The maximum atomic E-state index is 12.4. The van der Waals surface area contributed by atoms with Crippen LogP contribution >= 0.6 is 11.8 Å². The number of carbonyl (C=O) groups is 1. The van der Waals surface area contributed by atoms with Crippen molar-refractivity contribution in [2.75, 3.05) is 31.1 Å². The minimum Gasteiger partial charge on any atom is -0.342 e. The second kappa shape index (κ2) is 5.92. The standard InChI is InChI=1S/C12H22N2OS/c13-9-10-3-1-4-11(10)12(15)14-5-2-7-16-8-6-14/h10-11H,1-9,13H2/t10-,11-/m1/s1. The zero-order valence-electron chi connectivity index (χ0n) is 9.86. The SMILES string of the molecule is NC[C@H]1CCC[C@H]1C(=O)N1CCCSCC1. The first-order chi connectivity index (χ1) is 7.83. The molecule has 4 heteroatoms. The number of nitrogens with zero attached hydrogens (tertiary/aromatic N) is 1. The predicted molar refractivity (Wildman–Crippen MR) is 68.4 cm³/mol. The molecular weight excluding hydrogens is 220 g/mol. The Morgan fingerprint density at radius 1 is 1.25 bits per heavy atom. The van der Waals surface area contributed by atoms with E-state index in [1.165, 1.54) is 12.2 Å². The second-order valence-corrected chi connectivity index (χ2v) is 6.05. The minimum absolute atomic E-state index is 0.230. The van der Waals surface area contributed by atoms with Gasteiger partial charge in [0.05, 0.1) is 0 Å². The van der Waals surface area contributed by atoms with E-state index in [1.54, 1.807) is 0 Å². The van der Waals surface area contributed by atoms with E-state index in [1.807, 2.05) is 11.8 Å². The lowest BCUT2D eigenvalue weighted by Gasteiger charge is -2.26. The van der Waals surface area contributed by atoms with Crippen LogP contribution in [0.15, 0.2) is 0 Å². The zero-order valence-corrected chi connectivity index (χ0v) is 10.7. The lowest BCUT2D eigenvalue weighted by Crippen LogP contribution is -2.40. The second-order valence-electron chi connectivity index (χ2n) is 4.82. The molecule has 1 saturated carbocycles. The van der Waals surface area contributed by atoms with Crippen LogP contribution in [0, 0.1) is 11.8 Å². The van der Waals surface area contributed by atoms with Gasteiger partial charge in [-0.05, 0) is 37.5 Å². The highest BCUT2D eigenvalue weighted by Gasteiger charge is 2.34. The molecule has 0 radical (unpaired) electrons. The fourth-order valence-electron chi connectivity index (χ4n) is 2.85. The highest BCUT2D eigenvalue weighted by atomic mass is 32.2. The Morgan fingerprint density at radius 3 is 2.94 bits per heavy atom. The quantitative estimate of drug-likeness (QED) is 0.794. The van der Waals surface area contributed by atoms with Crippen molar-refractivity contribution in [2.24, 2.45) is 17.6 Å². The van der Waals surface area contributed by atoms with Gasteiger partial charge in [-0.1, -0.05) is 6.42 Å². The third kappa shape index (κ3) is 2.72. The van der Waals surface area contributed by atoms with Crippen molar-refractivity contribution in [1.29, 1.82) is 0 Å². The van der Waals surface area contributed by atoms with Crippen LogP contribution in [0.3, 0.4) is 0 Å². The summed E-state index contributed by atoms with van der Waals surface area (Å²) in [5.41, 5.74) is 5.75. The Balaban J connectivity index is 1.94. The topological polar surface area (TPSA) is 46.3 Å². The molecule has 1 aliphatic heterocycles. The van der Waals surface area contributed by atoms with Gasteiger partial charge in [-0.25, -0.2) is 0 Å². The lowest BCUT2D eigenvalue weighted by molar-refractivity contribution is -0.136. The third-order valence-corrected chi connectivity index (χ3v) is 4.86. The van der Waals surface area contributed by atoms with Crippen LogP contribution in [-0.4, -0.2) is 41.9 Å². The fourth-order valence-corrected chi connectivity index (χ4v) is 3.73. The number of nitrogens with two attached hydrogens (primary N) is 1. The highest BCUT2D eigenvalue weighted by Crippen LogP contribution is 2.32. The van der Waals surface area contributed by atoms with Crippen molar-refractivity contribution in [3.8, 4) is 0 Å². The van der Waals surface area contributed by atoms with Gasteiger partial charge in [0.1, 0.15) is 0 Å². The molecule has 1 heterocycles. The van der Waals surface area contributed by atoms with E-state index in [0.29, 0.717) is 18.4 Å². The summed E-state index contributed by atoms with van der Waals surface area (Å²) < 4.78 is 0. The molecule has 1 amide bonds. The number of hydrogen-bond acceptors (Lipinski definition) is 3. The molecule has 92 valence electrons. The van der Waals surface area contributed by atoms with Gasteiger partial charge in [0, 0.05) is 24.8 Å². The first-order valence-electron chi connectivity index (χ1n) is 6.39. The highest BCUT2D eigenvalue weighted by molar-refractivity contribution is 7.99. The zero-order chi connectivity index (χ0) is 11.4. The summed E-state index contributed by atoms with van der Waals surface area (Å²) >= 11 is 1.97. The Bertz CT molecular complexity index is 239. The van der Waals surface area contributed by atoms with Crippen molar-refractivity contribution in [1.82, 2.24) is 4.90 Å². The number of thioether (sulfide) groups is 1. The Kier molecular flexibility index (Phi) is 4.53. The molecule has 0 spiro atoms. The van der Waals surface area contributed by atoms with E-state index >= 15 is 0 Å². The van der Waals surface area contributed by atoms with Crippen LogP contribution in [0.1, 0.15) is 25.7 Å². The molecular formula is C12H22N2OS. The van der Waals surface area contributed by atoms with Crippen LogP contribution < -0.4 is 5.73 Å². The summed E-state index contributed by atoms with van der Waals surface area (Å²) in [6.45, 7) is 2.58. The van der Waals surface area contributed by atoms with Crippen molar-refractivity contribution in [3.05, 3.63) is 0 Å². The van der Waals surface area contributed by atoms with E-state index < -0.39 is 0 Å². The largest absolute Gasteiger partial charge is 0.342 e. The molecule has 1 saturated heterocycles. The predicted octanol–water partition coefficient (Wildman–Crippen LogP) is 1.33. The first-order valence-corrected chi connectivity index (χ1v) is 7.55. The van der Waals surface area contributed by atoms with E-state index in [0.717, 1.165) is 38.1 Å². The van der Waals surface area contributed by atoms with Crippen molar-refractivity contribution >= 4 is 17.7 Å². The Labute approximate surface area is 102 Å². The van der Waals surface area contributed by atoms with Crippen molar-refractivity contribution in [2.45, 2.75) is 25.7 Å². The Morgan fingerprint density at radius 2 is 2.12 bits per heavy atom. The van der Waals surface area contributed by atoms with Crippen LogP contribution in [0.4, 0.5) is 0 Å². The van der Waals surface area contributed by atoms with E-state index in [2.05, 4.69) is 4.90 Å². The molecule has 3 nitrogen and oxygen atoms in total. The summed E-state index contributed by atoms with van der Waals surface area (Å²) in [6.07, 6.45) is 4.54. The molecule has 2 aliphatic rings. The Hall–Kier alpha value is -0.220. The molecule has 0 bridgehead atoms. The van der Waals surface area contributed by atoms with Crippen LogP contribution in [0.5, 0.6) is 0 Å². The summed E-state index contributed by atoms with van der Waals surface area (Å²) in [4.78, 5) is 14.5. The number of rotatable bonds is 2. The van der Waals surface area contributed by atoms with Gasteiger partial charge in [-0.15, -0.1) is 0 Å². The van der Waals surface area contributed by atoms with Gasteiger partial charge >= 0.3 is 0 Å². The van der Waals surface area contributed by atoms with Gasteiger partial charge in [0.2, 0.25) is 5.91 Å².